The average Bonchev–Trinajstić information content (AvgIpc) is 2.74. The minimum atomic E-state index is -0.294. The highest BCUT2D eigenvalue weighted by atomic mass is 35.5. The third kappa shape index (κ3) is 7.24. The van der Waals surface area contributed by atoms with Gasteiger partial charge in [-0.2, -0.15) is 0 Å². The molecule has 0 aliphatic rings. The summed E-state index contributed by atoms with van der Waals surface area (Å²) in [5.74, 6) is 0.280. The fourth-order valence-electron chi connectivity index (χ4n) is 2.82. The molecule has 2 aromatic carbocycles. The topological polar surface area (TPSA) is 99.7 Å². The Labute approximate surface area is 181 Å². The summed E-state index contributed by atoms with van der Waals surface area (Å²) >= 11 is 6.22. The Hall–Kier alpha value is -2.77. The van der Waals surface area contributed by atoms with Gasteiger partial charge in [-0.3, -0.25) is 4.79 Å². The van der Waals surface area contributed by atoms with E-state index in [0.29, 0.717) is 41.5 Å². The van der Waals surface area contributed by atoms with E-state index in [9.17, 15) is 14.7 Å². The lowest BCUT2D eigenvalue weighted by Gasteiger charge is -2.19. The van der Waals surface area contributed by atoms with Crippen molar-refractivity contribution in [1.29, 1.82) is 0 Å². The summed E-state index contributed by atoms with van der Waals surface area (Å²) < 4.78 is 5.53. The second-order valence-corrected chi connectivity index (χ2v) is 7.19. The molecule has 7 nitrogen and oxygen atoms in total. The highest BCUT2D eigenvalue weighted by molar-refractivity contribution is 6.32. The number of amides is 3. The van der Waals surface area contributed by atoms with Crippen LogP contribution in [-0.2, 0) is 6.42 Å². The van der Waals surface area contributed by atoms with E-state index in [0.717, 1.165) is 12.0 Å². The first kappa shape index (κ1) is 23.5. The van der Waals surface area contributed by atoms with Crippen LogP contribution >= 0.6 is 11.6 Å². The number of carbonyl (C=O) groups is 2. The lowest BCUT2D eigenvalue weighted by atomic mass is 10.0. The van der Waals surface area contributed by atoms with Crippen LogP contribution in [0.1, 0.15) is 35.7 Å². The molecule has 0 aliphatic carbocycles. The van der Waals surface area contributed by atoms with Gasteiger partial charge >= 0.3 is 6.03 Å². The van der Waals surface area contributed by atoms with Gasteiger partial charge in [0, 0.05) is 30.9 Å². The maximum Gasteiger partial charge on any atom is 0.318 e. The zero-order chi connectivity index (χ0) is 21.9. The summed E-state index contributed by atoms with van der Waals surface area (Å²) in [5, 5.41) is 17.9. The van der Waals surface area contributed by atoms with Crippen molar-refractivity contribution in [3.05, 3.63) is 58.6 Å². The van der Waals surface area contributed by atoms with E-state index in [1.807, 2.05) is 19.1 Å². The second kappa shape index (κ2) is 12.0. The molecular weight excluding hydrogens is 406 g/mol. The standard InChI is InChI=1S/C22H28ClN3O4/c1-3-12-30-20-9-6-16(14-19(20)23)21(28)25-18(10-11-27)13-15-4-7-17(8-5-15)26-22(29)24-2/h4-9,14,18,27H,3,10-13H2,1-2H3,(H,25,28)(H2,24,26,29)/t18-/m1/s1. The molecule has 2 rings (SSSR count). The van der Waals surface area contributed by atoms with Crippen molar-refractivity contribution in [3.8, 4) is 5.75 Å². The molecule has 1 atom stereocenters. The molecule has 0 bridgehead atoms. The number of nitrogens with one attached hydrogen (secondary N) is 3. The Morgan fingerprint density at radius 1 is 1.17 bits per heavy atom. The zero-order valence-electron chi connectivity index (χ0n) is 17.2. The van der Waals surface area contributed by atoms with E-state index in [1.54, 1.807) is 37.4 Å². The summed E-state index contributed by atoms with van der Waals surface area (Å²) in [7, 11) is 1.55. The fraction of sp³-hybridized carbons (Fsp3) is 0.364. The van der Waals surface area contributed by atoms with Crippen LogP contribution in [0.3, 0.4) is 0 Å². The van der Waals surface area contributed by atoms with E-state index in [2.05, 4.69) is 16.0 Å². The average molecular weight is 434 g/mol. The van der Waals surface area contributed by atoms with Gasteiger partial charge in [-0.15, -0.1) is 0 Å². The molecule has 0 unspecified atom stereocenters. The van der Waals surface area contributed by atoms with Gasteiger partial charge in [0.2, 0.25) is 0 Å². The molecule has 162 valence electrons. The molecule has 0 aliphatic heterocycles. The van der Waals surface area contributed by atoms with Gasteiger partial charge in [0.15, 0.2) is 0 Å². The Bertz CT molecular complexity index is 843. The van der Waals surface area contributed by atoms with Crippen LogP contribution in [0.15, 0.2) is 42.5 Å². The van der Waals surface area contributed by atoms with Gasteiger partial charge in [0.1, 0.15) is 5.75 Å². The SMILES string of the molecule is CCCOc1ccc(C(=O)N[C@H](CCO)Cc2ccc(NC(=O)NC)cc2)cc1Cl. The molecule has 2 aromatic rings. The van der Waals surface area contributed by atoms with Crippen LogP contribution in [0.25, 0.3) is 0 Å². The Morgan fingerprint density at radius 3 is 2.50 bits per heavy atom. The first-order valence-electron chi connectivity index (χ1n) is 9.88. The summed E-state index contributed by atoms with van der Waals surface area (Å²) in [6.07, 6.45) is 1.82. The van der Waals surface area contributed by atoms with Crippen molar-refractivity contribution in [1.82, 2.24) is 10.6 Å². The molecule has 0 spiro atoms. The predicted octanol–water partition coefficient (Wildman–Crippen LogP) is 3.60. The van der Waals surface area contributed by atoms with E-state index in [4.69, 9.17) is 16.3 Å². The van der Waals surface area contributed by atoms with Gasteiger partial charge in [-0.1, -0.05) is 30.7 Å². The minimum Gasteiger partial charge on any atom is -0.492 e. The zero-order valence-corrected chi connectivity index (χ0v) is 18.0. The van der Waals surface area contributed by atoms with E-state index in [-0.39, 0.29) is 24.6 Å². The van der Waals surface area contributed by atoms with Crippen molar-refractivity contribution in [2.45, 2.75) is 32.2 Å². The van der Waals surface area contributed by atoms with Gasteiger partial charge in [0.05, 0.1) is 11.6 Å². The Morgan fingerprint density at radius 2 is 1.90 bits per heavy atom. The quantitative estimate of drug-likeness (QED) is 0.460. The minimum absolute atomic E-state index is 0.0498. The Balaban J connectivity index is 2.01. The highest BCUT2D eigenvalue weighted by Gasteiger charge is 2.16. The lowest BCUT2D eigenvalue weighted by Crippen LogP contribution is -2.37. The maximum absolute atomic E-state index is 12.7. The molecule has 0 heterocycles. The number of carbonyl (C=O) groups excluding carboxylic acids is 2. The number of benzene rings is 2. The lowest BCUT2D eigenvalue weighted by molar-refractivity contribution is 0.0930. The molecule has 3 amide bonds. The molecule has 0 saturated heterocycles. The van der Waals surface area contributed by atoms with E-state index >= 15 is 0 Å². The Kier molecular flexibility index (Phi) is 9.44. The molecule has 4 N–H and O–H groups in total. The number of ether oxygens (including phenoxy) is 1. The van der Waals surface area contributed by atoms with E-state index in [1.165, 1.54) is 0 Å². The number of rotatable bonds is 10. The summed E-state index contributed by atoms with van der Waals surface area (Å²) in [5.41, 5.74) is 2.07. The van der Waals surface area contributed by atoms with Crippen LogP contribution in [0.5, 0.6) is 5.75 Å². The molecular formula is C22H28ClN3O4. The largest absolute Gasteiger partial charge is 0.492 e. The predicted molar refractivity (Wildman–Crippen MR) is 118 cm³/mol. The van der Waals surface area contributed by atoms with Crippen LogP contribution in [0, 0.1) is 0 Å². The number of aliphatic hydroxyl groups excluding tert-OH is 1. The van der Waals surface area contributed by atoms with Crippen molar-refractivity contribution >= 4 is 29.2 Å². The van der Waals surface area contributed by atoms with Crippen LogP contribution in [0.2, 0.25) is 5.02 Å². The number of urea groups is 1. The van der Waals surface area contributed by atoms with Crippen molar-refractivity contribution < 1.29 is 19.4 Å². The summed E-state index contributed by atoms with van der Waals surface area (Å²) in [6, 6.07) is 11.7. The molecule has 0 radical (unpaired) electrons. The van der Waals surface area contributed by atoms with Crippen molar-refractivity contribution in [3.63, 3.8) is 0 Å². The van der Waals surface area contributed by atoms with Crippen molar-refractivity contribution in [2.75, 3.05) is 25.6 Å². The molecule has 0 aromatic heterocycles. The van der Waals surface area contributed by atoms with Crippen molar-refractivity contribution in [2.24, 2.45) is 0 Å². The van der Waals surface area contributed by atoms with Gasteiger partial charge in [-0.25, -0.2) is 4.79 Å². The number of hydrogen-bond acceptors (Lipinski definition) is 4. The third-order valence-electron chi connectivity index (χ3n) is 4.39. The molecule has 30 heavy (non-hydrogen) atoms. The first-order valence-corrected chi connectivity index (χ1v) is 10.3. The molecule has 0 fully saturated rings. The third-order valence-corrected chi connectivity index (χ3v) is 4.68. The molecule has 0 saturated carbocycles. The number of halogens is 1. The van der Waals surface area contributed by atoms with Crippen LogP contribution in [0.4, 0.5) is 10.5 Å². The van der Waals surface area contributed by atoms with Gasteiger partial charge in [0.25, 0.3) is 5.91 Å². The van der Waals surface area contributed by atoms with Gasteiger partial charge in [-0.05, 0) is 55.2 Å². The summed E-state index contributed by atoms with van der Waals surface area (Å²) in [4.78, 5) is 24.0. The number of aliphatic hydroxyl groups is 1. The monoisotopic (exact) mass is 433 g/mol. The number of anilines is 1. The fourth-order valence-corrected chi connectivity index (χ4v) is 3.06. The summed E-state index contributed by atoms with van der Waals surface area (Å²) in [6.45, 7) is 2.51. The van der Waals surface area contributed by atoms with E-state index < -0.39 is 0 Å². The maximum atomic E-state index is 12.7. The normalized spacial score (nSPS) is 11.5. The molecule has 8 heteroatoms. The first-order chi connectivity index (χ1) is 14.5. The van der Waals surface area contributed by atoms with Crippen LogP contribution in [-0.4, -0.2) is 43.3 Å². The number of hydrogen-bond donors (Lipinski definition) is 4. The second-order valence-electron chi connectivity index (χ2n) is 6.78. The smallest absolute Gasteiger partial charge is 0.318 e. The highest BCUT2D eigenvalue weighted by Crippen LogP contribution is 2.25. The van der Waals surface area contributed by atoms with Crippen LogP contribution < -0.4 is 20.7 Å². The van der Waals surface area contributed by atoms with Gasteiger partial charge < -0.3 is 25.8 Å².